The summed E-state index contributed by atoms with van der Waals surface area (Å²) in [6, 6.07) is 13.2. The highest BCUT2D eigenvalue weighted by Crippen LogP contribution is 2.27. The number of carbonyl (C=O) groups is 1. The van der Waals surface area contributed by atoms with E-state index in [1.165, 1.54) is 25.3 Å². The van der Waals surface area contributed by atoms with E-state index in [0.717, 1.165) is 11.6 Å². The number of benzene rings is 2. The van der Waals surface area contributed by atoms with E-state index in [-0.39, 0.29) is 10.6 Å². The summed E-state index contributed by atoms with van der Waals surface area (Å²) in [5.41, 5.74) is 1.27. The summed E-state index contributed by atoms with van der Waals surface area (Å²) in [4.78, 5) is 10.6. The average Bonchev–Trinajstić information content (AvgIpc) is 2.60. The molecule has 0 saturated heterocycles. The number of aliphatic carboxylic acids is 1. The van der Waals surface area contributed by atoms with Gasteiger partial charge >= 0.3 is 5.97 Å². The zero-order valence-corrected chi connectivity index (χ0v) is 14.7. The van der Waals surface area contributed by atoms with E-state index in [9.17, 15) is 13.2 Å². The van der Waals surface area contributed by atoms with E-state index in [1.807, 2.05) is 30.3 Å². The van der Waals surface area contributed by atoms with Gasteiger partial charge in [-0.15, -0.1) is 0 Å². The van der Waals surface area contributed by atoms with Crippen LogP contribution < -0.4 is 9.46 Å². The minimum atomic E-state index is -3.87. The first-order valence-corrected chi connectivity index (χ1v) is 8.98. The molecule has 0 heterocycles. The van der Waals surface area contributed by atoms with Crippen LogP contribution in [0.1, 0.15) is 24.1 Å². The van der Waals surface area contributed by atoms with Crippen molar-refractivity contribution in [2.24, 2.45) is 0 Å². The second kappa shape index (κ2) is 7.96. The lowest BCUT2D eigenvalue weighted by Crippen LogP contribution is -2.27. The predicted octanol–water partition coefficient (Wildman–Crippen LogP) is 2.83. The molecule has 0 saturated carbocycles. The monoisotopic (exact) mass is 361 g/mol. The summed E-state index contributed by atoms with van der Waals surface area (Å²) >= 11 is 0. The number of nitrogens with one attached hydrogen (secondary N) is 1. The van der Waals surface area contributed by atoms with Gasteiger partial charge in [-0.3, -0.25) is 0 Å². The molecule has 0 aliphatic rings. The minimum absolute atomic E-state index is 0.0506. The molecule has 0 aliphatic carbocycles. The van der Waals surface area contributed by atoms with Crippen LogP contribution in [0.2, 0.25) is 0 Å². The Morgan fingerprint density at radius 1 is 1.20 bits per heavy atom. The third kappa shape index (κ3) is 4.91. The van der Waals surface area contributed by atoms with E-state index in [2.05, 4.69) is 4.72 Å². The molecule has 2 aromatic rings. The molecule has 2 rings (SSSR count). The lowest BCUT2D eigenvalue weighted by Gasteiger charge is -2.16. The summed E-state index contributed by atoms with van der Waals surface area (Å²) in [5.74, 6) is -0.934. The summed E-state index contributed by atoms with van der Waals surface area (Å²) in [6.07, 6.45) is 2.26. The highest BCUT2D eigenvalue weighted by atomic mass is 32.2. The number of carboxylic acid groups (broad SMARTS) is 1. The SMILES string of the molecule is COc1ccc(/C=C/C(=O)O)cc1S(=O)(=O)N[C@H](C)c1ccccc1. The van der Waals surface area contributed by atoms with E-state index in [0.29, 0.717) is 5.56 Å². The first-order valence-electron chi connectivity index (χ1n) is 7.50. The largest absolute Gasteiger partial charge is 0.495 e. The highest BCUT2D eigenvalue weighted by molar-refractivity contribution is 7.89. The normalized spacial score (nSPS) is 12.9. The second-order valence-electron chi connectivity index (χ2n) is 5.34. The van der Waals surface area contributed by atoms with Gasteiger partial charge in [0, 0.05) is 12.1 Å². The zero-order valence-electron chi connectivity index (χ0n) is 13.8. The Balaban J connectivity index is 2.36. The maximum Gasteiger partial charge on any atom is 0.328 e. The molecule has 0 amide bonds. The maximum atomic E-state index is 12.8. The van der Waals surface area contributed by atoms with Gasteiger partial charge in [0.15, 0.2) is 0 Å². The Hall–Kier alpha value is -2.64. The Morgan fingerprint density at radius 2 is 1.88 bits per heavy atom. The number of carboxylic acids is 1. The summed E-state index contributed by atoms with van der Waals surface area (Å²) in [7, 11) is -2.49. The lowest BCUT2D eigenvalue weighted by atomic mass is 10.1. The molecule has 0 fully saturated rings. The highest BCUT2D eigenvalue weighted by Gasteiger charge is 2.22. The summed E-state index contributed by atoms with van der Waals surface area (Å²) in [6.45, 7) is 1.74. The molecule has 0 bridgehead atoms. The standard InChI is InChI=1S/C18H19NO5S/c1-13(15-6-4-3-5-7-15)19-25(22,23)17-12-14(9-11-18(20)21)8-10-16(17)24-2/h3-13,19H,1-2H3,(H,20,21)/b11-9+/t13-/m1/s1. The first-order chi connectivity index (χ1) is 11.8. The molecular formula is C18H19NO5S. The van der Waals surface area contributed by atoms with E-state index < -0.39 is 22.0 Å². The third-order valence-electron chi connectivity index (χ3n) is 3.53. The number of ether oxygens (including phenoxy) is 1. The van der Waals surface area contributed by atoms with Gasteiger partial charge in [-0.25, -0.2) is 17.9 Å². The van der Waals surface area contributed by atoms with Crippen LogP contribution in [0.3, 0.4) is 0 Å². The van der Waals surface area contributed by atoms with Crippen LogP contribution in [0.5, 0.6) is 5.75 Å². The summed E-state index contributed by atoms with van der Waals surface area (Å²) < 4.78 is 33.3. The fourth-order valence-electron chi connectivity index (χ4n) is 2.28. The summed E-state index contributed by atoms with van der Waals surface area (Å²) in [5, 5.41) is 8.71. The predicted molar refractivity (Wildman–Crippen MR) is 94.8 cm³/mol. The molecule has 0 aromatic heterocycles. The van der Waals surface area contributed by atoms with Crippen LogP contribution in [-0.2, 0) is 14.8 Å². The van der Waals surface area contributed by atoms with Crippen LogP contribution >= 0.6 is 0 Å². The van der Waals surface area contributed by atoms with Crippen LogP contribution in [-0.4, -0.2) is 26.6 Å². The van der Waals surface area contributed by atoms with Gasteiger partial charge in [0.05, 0.1) is 7.11 Å². The molecule has 25 heavy (non-hydrogen) atoms. The zero-order chi connectivity index (χ0) is 18.4. The Bertz CT molecular complexity index is 876. The number of sulfonamides is 1. The van der Waals surface area contributed by atoms with Crippen molar-refractivity contribution in [3.63, 3.8) is 0 Å². The quantitative estimate of drug-likeness (QED) is 0.740. The van der Waals surface area contributed by atoms with Gasteiger partial charge in [0.25, 0.3) is 0 Å². The molecule has 0 aliphatic heterocycles. The Labute approximate surface area is 146 Å². The van der Waals surface area contributed by atoms with Gasteiger partial charge in [-0.05, 0) is 36.3 Å². The number of methoxy groups -OCH3 is 1. The van der Waals surface area contributed by atoms with Crippen LogP contribution in [0.25, 0.3) is 6.08 Å². The molecule has 132 valence electrons. The minimum Gasteiger partial charge on any atom is -0.495 e. The molecule has 7 heteroatoms. The first kappa shape index (κ1) is 18.7. The van der Waals surface area contributed by atoms with E-state index >= 15 is 0 Å². The van der Waals surface area contributed by atoms with Crippen LogP contribution in [0, 0.1) is 0 Å². The average molecular weight is 361 g/mol. The van der Waals surface area contributed by atoms with Crippen molar-refractivity contribution in [1.82, 2.24) is 4.72 Å². The van der Waals surface area contributed by atoms with Gasteiger partial charge < -0.3 is 9.84 Å². The fourth-order valence-corrected chi connectivity index (χ4v) is 3.72. The molecule has 6 nitrogen and oxygen atoms in total. The second-order valence-corrected chi connectivity index (χ2v) is 7.02. The van der Waals surface area contributed by atoms with Crippen molar-refractivity contribution in [2.45, 2.75) is 17.9 Å². The molecule has 2 aromatic carbocycles. The van der Waals surface area contributed by atoms with Crippen molar-refractivity contribution in [1.29, 1.82) is 0 Å². The molecule has 0 spiro atoms. The van der Waals surface area contributed by atoms with Crippen molar-refractivity contribution in [2.75, 3.05) is 7.11 Å². The number of hydrogen-bond donors (Lipinski definition) is 2. The number of hydrogen-bond acceptors (Lipinski definition) is 4. The molecular weight excluding hydrogens is 342 g/mol. The third-order valence-corrected chi connectivity index (χ3v) is 5.09. The van der Waals surface area contributed by atoms with Crippen LogP contribution in [0.4, 0.5) is 0 Å². The molecule has 0 radical (unpaired) electrons. The van der Waals surface area contributed by atoms with Gasteiger partial charge in [-0.1, -0.05) is 36.4 Å². The van der Waals surface area contributed by atoms with Gasteiger partial charge in [0.1, 0.15) is 10.6 Å². The van der Waals surface area contributed by atoms with E-state index in [4.69, 9.17) is 9.84 Å². The smallest absolute Gasteiger partial charge is 0.328 e. The molecule has 2 N–H and O–H groups in total. The lowest BCUT2D eigenvalue weighted by molar-refractivity contribution is -0.131. The molecule has 1 atom stereocenters. The van der Waals surface area contributed by atoms with Crippen molar-refractivity contribution in [3.05, 3.63) is 65.7 Å². The number of rotatable bonds is 7. The molecule has 0 unspecified atom stereocenters. The Kier molecular flexibility index (Phi) is 5.95. The van der Waals surface area contributed by atoms with E-state index in [1.54, 1.807) is 13.0 Å². The van der Waals surface area contributed by atoms with Gasteiger partial charge in [-0.2, -0.15) is 0 Å². The van der Waals surface area contributed by atoms with Crippen molar-refractivity contribution < 1.29 is 23.1 Å². The van der Waals surface area contributed by atoms with Crippen LogP contribution in [0.15, 0.2) is 59.5 Å². The van der Waals surface area contributed by atoms with Crippen molar-refractivity contribution in [3.8, 4) is 5.75 Å². The fraction of sp³-hybridized carbons (Fsp3) is 0.167. The van der Waals surface area contributed by atoms with Gasteiger partial charge in [0.2, 0.25) is 10.0 Å². The maximum absolute atomic E-state index is 12.8. The van der Waals surface area contributed by atoms with Crippen molar-refractivity contribution >= 4 is 22.1 Å². The topological polar surface area (TPSA) is 92.7 Å². The Morgan fingerprint density at radius 3 is 2.48 bits per heavy atom.